The molecule has 4 rings (SSSR count). The van der Waals surface area contributed by atoms with Crippen LogP contribution in [0.5, 0.6) is 0 Å². The minimum absolute atomic E-state index is 0.181. The van der Waals surface area contributed by atoms with Gasteiger partial charge in [-0.15, -0.1) is 0 Å². The van der Waals surface area contributed by atoms with E-state index in [2.05, 4.69) is 4.90 Å². The van der Waals surface area contributed by atoms with Crippen molar-refractivity contribution in [1.82, 2.24) is 4.57 Å². The molecule has 0 aliphatic carbocycles. The van der Waals surface area contributed by atoms with E-state index in [-0.39, 0.29) is 12.0 Å². The average molecular weight is 343 g/mol. The highest BCUT2D eigenvalue weighted by Gasteiger charge is 2.28. The minimum Gasteiger partial charge on any atom is -0.352 e. The van der Waals surface area contributed by atoms with Crippen molar-refractivity contribution in [2.75, 3.05) is 18.1 Å². The van der Waals surface area contributed by atoms with Crippen LogP contribution in [0.15, 0.2) is 67.0 Å². The first-order valence-corrected chi connectivity index (χ1v) is 8.17. The van der Waals surface area contributed by atoms with Gasteiger partial charge in [-0.3, -0.25) is 0 Å². The Kier molecular flexibility index (Phi) is 4.00. The van der Waals surface area contributed by atoms with Crippen LogP contribution < -0.4 is 4.90 Å². The van der Waals surface area contributed by atoms with Crippen molar-refractivity contribution < 1.29 is 9.13 Å². The monoisotopic (exact) mass is 342 g/mol. The van der Waals surface area contributed by atoms with Crippen molar-refractivity contribution in [3.8, 4) is 5.69 Å². The SMILES string of the molecule is Fc1ccc(N2CCOC2c2ccn(-c3ccccc3Cl)c2)cc1. The molecule has 1 aliphatic heterocycles. The number of nitrogens with zero attached hydrogens (tertiary/aromatic N) is 2. The molecular weight excluding hydrogens is 327 g/mol. The molecule has 0 spiro atoms. The normalized spacial score (nSPS) is 17.4. The molecule has 1 unspecified atom stereocenters. The van der Waals surface area contributed by atoms with Crippen LogP contribution in [0.3, 0.4) is 0 Å². The van der Waals surface area contributed by atoms with Gasteiger partial charge >= 0.3 is 0 Å². The fourth-order valence-electron chi connectivity index (χ4n) is 3.01. The lowest BCUT2D eigenvalue weighted by Crippen LogP contribution is -2.22. The molecule has 1 atom stereocenters. The maximum absolute atomic E-state index is 13.2. The van der Waals surface area contributed by atoms with Crippen LogP contribution in [0.2, 0.25) is 5.02 Å². The number of hydrogen-bond donors (Lipinski definition) is 0. The summed E-state index contributed by atoms with van der Waals surface area (Å²) >= 11 is 6.27. The maximum atomic E-state index is 13.2. The van der Waals surface area contributed by atoms with E-state index >= 15 is 0 Å². The van der Waals surface area contributed by atoms with Gasteiger partial charge in [-0.25, -0.2) is 4.39 Å². The molecule has 2 heterocycles. The molecule has 122 valence electrons. The van der Waals surface area contributed by atoms with Gasteiger partial charge in [0, 0.05) is 30.2 Å². The second-order valence-electron chi connectivity index (χ2n) is 5.70. The molecule has 1 fully saturated rings. The van der Waals surface area contributed by atoms with E-state index in [0.717, 1.165) is 23.5 Å². The Morgan fingerprint density at radius 1 is 1.04 bits per heavy atom. The van der Waals surface area contributed by atoms with Crippen molar-refractivity contribution in [3.63, 3.8) is 0 Å². The van der Waals surface area contributed by atoms with Gasteiger partial charge in [0.25, 0.3) is 0 Å². The lowest BCUT2D eigenvalue weighted by atomic mass is 10.2. The Hall–Kier alpha value is -2.30. The van der Waals surface area contributed by atoms with Crippen molar-refractivity contribution >= 4 is 17.3 Å². The van der Waals surface area contributed by atoms with Gasteiger partial charge in [0.2, 0.25) is 0 Å². The predicted octanol–water partition coefficient (Wildman–Crippen LogP) is 4.81. The number of anilines is 1. The fraction of sp³-hybridized carbons (Fsp3) is 0.158. The lowest BCUT2D eigenvalue weighted by molar-refractivity contribution is 0.114. The molecule has 3 nitrogen and oxygen atoms in total. The summed E-state index contributed by atoms with van der Waals surface area (Å²) in [7, 11) is 0. The van der Waals surface area contributed by atoms with E-state index in [1.54, 1.807) is 12.1 Å². The van der Waals surface area contributed by atoms with Crippen LogP contribution in [0.1, 0.15) is 11.8 Å². The average Bonchev–Trinajstić information content (AvgIpc) is 3.25. The van der Waals surface area contributed by atoms with Gasteiger partial charge < -0.3 is 14.2 Å². The predicted molar refractivity (Wildman–Crippen MR) is 93.2 cm³/mol. The molecule has 0 amide bonds. The Bertz CT molecular complexity index is 847. The largest absolute Gasteiger partial charge is 0.352 e. The van der Waals surface area contributed by atoms with Crippen LogP contribution in [0, 0.1) is 5.82 Å². The molecule has 1 saturated heterocycles. The van der Waals surface area contributed by atoms with Gasteiger partial charge in [-0.05, 0) is 42.5 Å². The Balaban J connectivity index is 1.64. The third-order valence-corrected chi connectivity index (χ3v) is 4.50. The highest BCUT2D eigenvalue weighted by Crippen LogP contribution is 2.33. The zero-order valence-electron chi connectivity index (χ0n) is 12.9. The molecule has 1 aromatic heterocycles. The summed E-state index contributed by atoms with van der Waals surface area (Å²) in [6.07, 6.45) is 3.81. The number of benzene rings is 2. The first-order valence-electron chi connectivity index (χ1n) is 7.79. The lowest BCUT2D eigenvalue weighted by Gasteiger charge is -2.24. The summed E-state index contributed by atoms with van der Waals surface area (Å²) in [6.45, 7) is 1.41. The number of hydrogen-bond acceptors (Lipinski definition) is 2. The molecule has 0 saturated carbocycles. The number of aromatic nitrogens is 1. The number of ether oxygens (including phenoxy) is 1. The molecular formula is C19H16ClFN2O. The standard InChI is InChI=1S/C19H16ClFN2O/c20-17-3-1-2-4-18(17)22-10-9-14(13-22)19-23(11-12-24-19)16-7-5-15(21)6-8-16/h1-10,13,19H,11-12H2. The van der Waals surface area contributed by atoms with E-state index in [1.807, 2.05) is 47.3 Å². The van der Waals surface area contributed by atoms with E-state index in [9.17, 15) is 4.39 Å². The molecule has 0 N–H and O–H groups in total. The van der Waals surface area contributed by atoms with E-state index in [4.69, 9.17) is 16.3 Å². The quantitative estimate of drug-likeness (QED) is 0.680. The van der Waals surface area contributed by atoms with Crippen LogP contribution in [0.25, 0.3) is 5.69 Å². The molecule has 0 bridgehead atoms. The number of rotatable bonds is 3. The van der Waals surface area contributed by atoms with E-state index in [0.29, 0.717) is 11.6 Å². The Morgan fingerprint density at radius 2 is 1.83 bits per heavy atom. The summed E-state index contributed by atoms with van der Waals surface area (Å²) in [5, 5.41) is 0.697. The van der Waals surface area contributed by atoms with Gasteiger partial charge in [0.15, 0.2) is 6.23 Å². The van der Waals surface area contributed by atoms with Crippen molar-refractivity contribution in [2.24, 2.45) is 0 Å². The van der Waals surface area contributed by atoms with Crippen LogP contribution in [0.4, 0.5) is 10.1 Å². The Morgan fingerprint density at radius 3 is 2.62 bits per heavy atom. The molecule has 5 heteroatoms. The Labute approximate surface area is 144 Å². The first kappa shape index (κ1) is 15.2. The van der Waals surface area contributed by atoms with E-state index in [1.165, 1.54) is 12.1 Å². The van der Waals surface area contributed by atoms with Crippen LogP contribution in [-0.4, -0.2) is 17.7 Å². The van der Waals surface area contributed by atoms with Crippen LogP contribution >= 0.6 is 11.6 Å². The molecule has 2 aromatic carbocycles. The topological polar surface area (TPSA) is 17.4 Å². The number of halogens is 2. The maximum Gasteiger partial charge on any atom is 0.158 e. The fourth-order valence-corrected chi connectivity index (χ4v) is 3.25. The summed E-state index contributed by atoms with van der Waals surface area (Å²) < 4.78 is 21.0. The van der Waals surface area contributed by atoms with Crippen molar-refractivity contribution in [3.05, 3.63) is 83.4 Å². The minimum atomic E-state index is -0.236. The van der Waals surface area contributed by atoms with Gasteiger partial charge in [-0.2, -0.15) is 0 Å². The zero-order valence-corrected chi connectivity index (χ0v) is 13.7. The molecule has 1 aliphatic rings. The van der Waals surface area contributed by atoms with Gasteiger partial charge in [0.05, 0.1) is 17.3 Å². The summed E-state index contributed by atoms with van der Waals surface area (Å²) in [4.78, 5) is 2.13. The smallest absolute Gasteiger partial charge is 0.158 e. The van der Waals surface area contributed by atoms with Gasteiger partial charge in [-0.1, -0.05) is 23.7 Å². The highest BCUT2D eigenvalue weighted by atomic mass is 35.5. The van der Waals surface area contributed by atoms with E-state index < -0.39 is 0 Å². The van der Waals surface area contributed by atoms with Crippen molar-refractivity contribution in [2.45, 2.75) is 6.23 Å². The number of para-hydroxylation sites is 1. The summed E-state index contributed by atoms with van der Waals surface area (Å²) in [5.74, 6) is -0.236. The third kappa shape index (κ3) is 2.79. The van der Waals surface area contributed by atoms with Crippen LogP contribution in [-0.2, 0) is 4.74 Å². The van der Waals surface area contributed by atoms with Crippen molar-refractivity contribution in [1.29, 1.82) is 0 Å². The summed E-state index contributed by atoms with van der Waals surface area (Å²) in [5.41, 5.74) is 2.91. The second-order valence-corrected chi connectivity index (χ2v) is 6.10. The summed E-state index contributed by atoms with van der Waals surface area (Å²) in [6, 6.07) is 16.2. The first-order chi connectivity index (χ1) is 11.7. The highest BCUT2D eigenvalue weighted by molar-refractivity contribution is 6.32. The van der Waals surface area contributed by atoms with Gasteiger partial charge in [0.1, 0.15) is 5.82 Å². The molecule has 3 aromatic rings. The second kappa shape index (κ2) is 6.30. The third-order valence-electron chi connectivity index (χ3n) is 4.18. The molecule has 0 radical (unpaired) electrons. The zero-order chi connectivity index (χ0) is 16.5. The molecule has 24 heavy (non-hydrogen) atoms.